The quantitative estimate of drug-likeness (QED) is 0.660. The van der Waals surface area contributed by atoms with E-state index in [0.717, 1.165) is 0 Å². The molecule has 2 rings (SSSR count). The molecule has 0 aromatic heterocycles. The van der Waals surface area contributed by atoms with Crippen LogP contribution in [0.1, 0.15) is 31.1 Å². The van der Waals surface area contributed by atoms with Crippen LogP contribution in [0.25, 0.3) is 0 Å². The molecule has 0 radical (unpaired) electrons. The van der Waals surface area contributed by atoms with Crippen LogP contribution in [0.5, 0.6) is 0 Å². The van der Waals surface area contributed by atoms with Gasteiger partial charge in [-0.05, 0) is 43.3 Å². The highest BCUT2D eigenvalue weighted by atomic mass is 32.2. The molecule has 0 aliphatic carbocycles. The monoisotopic (exact) mass is 422 g/mol. The number of carbonyl (C=O) groups excluding carboxylic acids is 2. The molecule has 29 heavy (non-hydrogen) atoms. The second-order valence-electron chi connectivity index (χ2n) is 6.13. The van der Waals surface area contributed by atoms with Crippen LogP contribution in [0.15, 0.2) is 53.4 Å². The lowest BCUT2D eigenvalue weighted by Gasteiger charge is -2.18. The van der Waals surface area contributed by atoms with Crippen molar-refractivity contribution in [1.29, 1.82) is 0 Å². The highest BCUT2D eigenvalue weighted by molar-refractivity contribution is 7.89. The Hall–Kier alpha value is -2.78. The summed E-state index contributed by atoms with van der Waals surface area (Å²) in [7, 11) is -3.64. The Kier molecular flexibility index (Phi) is 7.46. The molecule has 0 unspecified atom stereocenters. The van der Waals surface area contributed by atoms with E-state index in [4.69, 9.17) is 4.74 Å². The average molecular weight is 422 g/mol. The molecule has 1 amide bonds. The van der Waals surface area contributed by atoms with Gasteiger partial charge in [0.25, 0.3) is 5.91 Å². The number of nitrogens with zero attached hydrogens (tertiary/aromatic N) is 1. The number of ether oxygens (including phenoxy) is 1. The normalized spacial score (nSPS) is 12.4. The van der Waals surface area contributed by atoms with E-state index in [-0.39, 0.29) is 16.1 Å². The lowest BCUT2D eigenvalue weighted by molar-refractivity contribution is -0.123. The molecule has 0 heterocycles. The molecule has 0 aliphatic heterocycles. The largest absolute Gasteiger partial charge is 0.449 e. The molecule has 2 aromatic carbocycles. The number of sulfonamides is 1. The highest BCUT2D eigenvalue weighted by Gasteiger charge is 2.23. The number of benzene rings is 2. The van der Waals surface area contributed by atoms with Crippen molar-refractivity contribution >= 4 is 27.6 Å². The number of amides is 1. The fourth-order valence-electron chi connectivity index (χ4n) is 2.55. The van der Waals surface area contributed by atoms with E-state index >= 15 is 0 Å². The first-order chi connectivity index (χ1) is 13.7. The predicted molar refractivity (Wildman–Crippen MR) is 106 cm³/mol. The number of halogens is 1. The van der Waals surface area contributed by atoms with Gasteiger partial charge in [-0.15, -0.1) is 0 Å². The summed E-state index contributed by atoms with van der Waals surface area (Å²) in [4.78, 5) is 24.4. The SMILES string of the molecule is CCN(CC)S(=O)(=O)c1ccc(C(=O)O[C@H](C)C(=O)Nc2ccccc2F)cc1. The van der Waals surface area contributed by atoms with E-state index in [1.54, 1.807) is 19.9 Å². The highest BCUT2D eigenvalue weighted by Crippen LogP contribution is 2.17. The van der Waals surface area contributed by atoms with Crippen LogP contribution in [-0.4, -0.2) is 43.8 Å². The molecular formula is C20H23FN2O5S. The second-order valence-corrected chi connectivity index (χ2v) is 8.07. The molecule has 0 aliphatic rings. The van der Waals surface area contributed by atoms with Crippen molar-refractivity contribution in [1.82, 2.24) is 4.31 Å². The van der Waals surface area contributed by atoms with Crippen LogP contribution < -0.4 is 5.32 Å². The van der Waals surface area contributed by atoms with E-state index < -0.39 is 33.8 Å². The minimum absolute atomic E-state index is 0.0219. The summed E-state index contributed by atoms with van der Waals surface area (Å²) in [6, 6.07) is 10.9. The van der Waals surface area contributed by atoms with Gasteiger partial charge in [0.1, 0.15) is 5.82 Å². The van der Waals surface area contributed by atoms with Crippen LogP contribution in [0.4, 0.5) is 10.1 Å². The van der Waals surface area contributed by atoms with E-state index in [1.165, 1.54) is 53.7 Å². The zero-order chi connectivity index (χ0) is 21.6. The first kappa shape index (κ1) is 22.5. The fraction of sp³-hybridized carbons (Fsp3) is 0.300. The smallest absolute Gasteiger partial charge is 0.338 e. The molecule has 0 fully saturated rings. The first-order valence-electron chi connectivity index (χ1n) is 9.07. The number of nitrogens with one attached hydrogen (secondary N) is 1. The van der Waals surface area contributed by atoms with E-state index in [2.05, 4.69) is 5.32 Å². The van der Waals surface area contributed by atoms with Gasteiger partial charge >= 0.3 is 5.97 Å². The molecule has 1 atom stereocenters. The fourth-order valence-corrected chi connectivity index (χ4v) is 4.01. The standard InChI is InChI=1S/C20H23FN2O5S/c1-4-23(5-2)29(26,27)16-12-10-15(11-13-16)20(25)28-14(3)19(24)22-18-9-7-6-8-17(18)21/h6-14H,4-5H2,1-3H3,(H,22,24)/t14-/m1/s1. The molecular weight excluding hydrogens is 399 g/mol. The summed E-state index contributed by atoms with van der Waals surface area (Å²) in [5.41, 5.74) is 0.0698. The number of esters is 1. The maximum atomic E-state index is 13.6. The van der Waals surface area contributed by atoms with Crippen molar-refractivity contribution in [3.05, 3.63) is 59.9 Å². The van der Waals surface area contributed by atoms with Crippen molar-refractivity contribution in [3.8, 4) is 0 Å². The predicted octanol–water partition coefficient (Wildman–Crippen LogP) is 3.04. The van der Waals surface area contributed by atoms with Crippen LogP contribution in [0.3, 0.4) is 0 Å². The molecule has 156 valence electrons. The van der Waals surface area contributed by atoms with E-state index in [1.807, 2.05) is 0 Å². The van der Waals surface area contributed by atoms with Gasteiger partial charge in [0.2, 0.25) is 10.0 Å². The third-order valence-electron chi connectivity index (χ3n) is 4.22. The second kappa shape index (κ2) is 9.62. The molecule has 7 nitrogen and oxygen atoms in total. The lowest BCUT2D eigenvalue weighted by Crippen LogP contribution is -2.31. The molecule has 9 heteroatoms. The maximum absolute atomic E-state index is 13.6. The van der Waals surface area contributed by atoms with Gasteiger partial charge in [-0.2, -0.15) is 4.31 Å². The van der Waals surface area contributed by atoms with Crippen LogP contribution in [-0.2, 0) is 19.6 Å². The Bertz CT molecular complexity index is 973. The summed E-state index contributed by atoms with van der Waals surface area (Å²) >= 11 is 0. The summed E-state index contributed by atoms with van der Waals surface area (Å²) in [5.74, 6) is -2.10. The van der Waals surface area contributed by atoms with Crippen LogP contribution in [0, 0.1) is 5.82 Å². The molecule has 2 aromatic rings. The van der Waals surface area contributed by atoms with Crippen LogP contribution >= 0.6 is 0 Å². The zero-order valence-corrected chi connectivity index (χ0v) is 17.2. The molecule has 1 N–H and O–H groups in total. The summed E-state index contributed by atoms with van der Waals surface area (Å²) in [6.07, 6.45) is -1.18. The molecule has 0 saturated carbocycles. The van der Waals surface area contributed by atoms with Crippen LogP contribution in [0.2, 0.25) is 0 Å². The Morgan fingerprint density at radius 3 is 2.21 bits per heavy atom. The Labute approximate surface area is 169 Å². The minimum Gasteiger partial charge on any atom is -0.449 e. The summed E-state index contributed by atoms with van der Waals surface area (Å²) in [5, 5.41) is 2.35. The summed E-state index contributed by atoms with van der Waals surface area (Å²) < 4.78 is 44.9. The molecule has 0 bridgehead atoms. The van der Waals surface area contributed by atoms with Gasteiger partial charge in [-0.25, -0.2) is 17.6 Å². The van der Waals surface area contributed by atoms with Gasteiger partial charge in [-0.3, -0.25) is 4.79 Å². The van der Waals surface area contributed by atoms with E-state index in [9.17, 15) is 22.4 Å². The Balaban J connectivity index is 2.05. The molecule has 0 spiro atoms. The van der Waals surface area contributed by atoms with Crippen molar-refractivity contribution in [3.63, 3.8) is 0 Å². The van der Waals surface area contributed by atoms with Gasteiger partial charge in [-0.1, -0.05) is 26.0 Å². The first-order valence-corrected chi connectivity index (χ1v) is 10.5. The van der Waals surface area contributed by atoms with Crippen molar-refractivity contribution in [2.45, 2.75) is 31.8 Å². The number of anilines is 1. The van der Waals surface area contributed by atoms with Gasteiger partial charge in [0, 0.05) is 13.1 Å². The van der Waals surface area contributed by atoms with Gasteiger partial charge in [0.05, 0.1) is 16.1 Å². The molecule has 0 saturated heterocycles. The number of para-hydroxylation sites is 1. The van der Waals surface area contributed by atoms with Crippen molar-refractivity contribution in [2.24, 2.45) is 0 Å². The van der Waals surface area contributed by atoms with Crippen molar-refractivity contribution in [2.75, 3.05) is 18.4 Å². The zero-order valence-electron chi connectivity index (χ0n) is 16.4. The third-order valence-corrected chi connectivity index (χ3v) is 6.28. The Morgan fingerprint density at radius 2 is 1.66 bits per heavy atom. The number of rotatable bonds is 8. The average Bonchev–Trinajstić information content (AvgIpc) is 2.70. The van der Waals surface area contributed by atoms with E-state index in [0.29, 0.717) is 13.1 Å². The number of hydrogen-bond acceptors (Lipinski definition) is 5. The van der Waals surface area contributed by atoms with Gasteiger partial charge < -0.3 is 10.1 Å². The number of carbonyl (C=O) groups is 2. The van der Waals surface area contributed by atoms with Crippen molar-refractivity contribution < 1.29 is 27.1 Å². The number of hydrogen-bond donors (Lipinski definition) is 1. The Morgan fingerprint density at radius 1 is 1.07 bits per heavy atom. The minimum atomic E-state index is -3.64. The topological polar surface area (TPSA) is 92.8 Å². The maximum Gasteiger partial charge on any atom is 0.338 e. The summed E-state index contributed by atoms with van der Waals surface area (Å²) in [6.45, 7) is 5.49. The lowest BCUT2D eigenvalue weighted by atomic mass is 10.2. The van der Waals surface area contributed by atoms with Gasteiger partial charge in [0.15, 0.2) is 6.10 Å². The third kappa shape index (κ3) is 5.39.